The van der Waals surface area contributed by atoms with Crippen molar-refractivity contribution in [1.29, 1.82) is 0 Å². The lowest BCUT2D eigenvalue weighted by Gasteiger charge is -2.05. The van der Waals surface area contributed by atoms with E-state index >= 15 is 0 Å². The first kappa shape index (κ1) is 25.7. The number of aliphatic carboxylic acids is 1. The first-order valence-corrected chi connectivity index (χ1v) is 11.5. The summed E-state index contributed by atoms with van der Waals surface area (Å²) in [6.45, 7) is 7.25. The number of nitrogens with zero attached hydrogens (tertiary/aromatic N) is 1. The van der Waals surface area contributed by atoms with Crippen molar-refractivity contribution < 1.29 is 14.7 Å². The summed E-state index contributed by atoms with van der Waals surface area (Å²) < 4.78 is 2.40. The number of carboxylic acid groups (broad SMARTS) is 1. The predicted octanol–water partition coefficient (Wildman–Crippen LogP) is 5.94. The van der Waals surface area contributed by atoms with Crippen molar-refractivity contribution >= 4 is 22.8 Å². The molecule has 0 radical (unpaired) electrons. The molecule has 0 saturated heterocycles. The van der Waals surface area contributed by atoms with Crippen LogP contribution in [-0.4, -0.2) is 28.1 Å². The molecule has 1 aromatic carbocycles. The number of carbonyl (C=O) groups is 2. The van der Waals surface area contributed by atoms with Crippen molar-refractivity contribution in [3.8, 4) is 0 Å². The Bertz CT molecular complexity index is 752. The molecule has 2 aromatic rings. The van der Waals surface area contributed by atoms with Gasteiger partial charge in [0.05, 0.1) is 0 Å². The molecule has 5 nitrogen and oxygen atoms in total. The highest BCUT2D eigenvalue weighted by Crippen LogP contribution is 2.22. The number of rotatable bonds is 13. The van der Waals surface area contributed by atoms with E-state index in [1.165, 1.54) is 67.8 Å². The number of aryl methyl sites for hydroxylation is 1. The molecular weight excluding hydrogens is 376 g/mol. The zero-order valence-corrected chi connectivity index (χ0v) is 19.1. The average Bonchev–Trinajstić information content (AvgIpc) is 3.08. The summed E-state index contributed by atoms with van der Waals surface area (Å²) in [5.41, 5.74) is 2.66. The Morgan fingerprint density at radius 1 is 0.967 bits per heavy atom. The number of para-hydroxylation sites is 1. The molecule has 168 valence electrons. The second-order valence-electron chi connectivity index (χ2n) is 7.82. The fourth-order valence-electron chi connectivity index (χ4n) is 3.50. The van der Waals surface area contributed by atoms with Crippen LogP contribution in [-0.2, 0) is 22.6 Å². The van der Waals surface area contributed by atoms with E-state index in [9.17, 15) is 9.59 Å². The molecule has 0 aliphatic rings. The molecule has 1 heterocycles. The van der Waals surface area contributed by atoms with E-state index in [1.54, 1.807) is 13.8 Å². The number of hydrogen-bond acceptors (Lipinski definition) is 2. The third-order valence-electron chi connectivity index (χ3n) is 5.19. The van der Waals surface area contributed by atoms with Crippen LogP contribution >= 0.6 is 0 Å². The van der Waals surface area contributed by atoms with Gasteiger partial charge in [-0.3, -0.25) is 9.59 Å². The molecule has 2 N–H and O–H groups in total. The maximum atomic E-state index is 11.1. The smallest absolute Gasteiger partial charge is 0.303 e. The average molecular weight is 417 g/mol. The summed E-state index contributed by atoms with van der Waals surface area (Å²) >= 11 is 0. The van der Waals surface area contributed by atoms with E-state index in [4.69, 9.17) is 5.11 Å². The number of amides is 1. The number of aromatic nitrogens is 1. The molecule has 1 aromatic heterocycles. The highest BCUT2D eigenvalue weighted by atomic mass is 16.4. The highest BCUT2D eigenvalue weighted by molar-refractivity contribution is 5.84. The van der Waals surface area contributed by atoms with Crippen LogP contribution in [0, 0.1) is 0 Å². The second-order valence-corrected chi connectivity index (χ2v) is 7.82. The SMILES string of the molecule is CCC(=O)O.CCCCCCCCCCn1cc(CCNC(C)=O)c2ccccc21. The van der Waals surface area contributed by atoms with Gasteiger partial charge in [0.2, 0.25) is 5.91 Å². The Morgan fingerprint density at radius 2 is 1.57 bits per heavy atom. The lowest BCUT2D eigenvalue weighted by molar-refractivity contribution is -0.136. The number of nitrogens with one attached hydrogen (secondary N) is 1. The molecule has 0 aliphatic carbocycles. The zero-order chi connectivity index (χ0) is 22.2. The first-order valence-electron chi connectivity index (χ1n) is 11.5. The van der Waals surface area contributed by atoms with Crippen molar-refractivity contribution in [1.82, 2.24) is 9.88 Å². The molecule has 0 bridgehead atoms. The Morgan fingerprint density at radius 3 is 2.17 bits per heavy atom. The number of carbonyl (C=O) groups excluding carboxylic acids is 1. The normalized spacial score (nSPS) is 10.5. The Labute approximate surface area is 181 Å². The van der Waals surface area contributed by atoms with Crippen LogP contribution < -0.4 is 5.32 Å². The second kappa shape index (κ2) is 15.5. The third kappa shape index (κ3) is 10.5. The minimum Gasteiger partial charge on any atom is -0.481 e. The summed E-state index contributed by atoms with van der Waals surface area (Å²) in [7, 11) is 0. The Hall–Kier alpha value is -2.30. The molecule has 30 heavy (non-hydrogen) atoms. The predicted molar refractivity (Wildman–Crippen MR) is 125 cm³/mol. The van der Waals surface area contributed by atoms with Crippen molar-refractivity contribution in [2.45, 2.75) is 91.5 Å². The van der Waals surface area contributed by atoms with Gasteiger partial charge in [0.15, 0.2) is 0 Å². The molecule has 5 heteroatoms. The fourth-order valence-corrected chi connectivity index (χ4v) is 3.50. The molecule has 0 saturated carbocycles. The van der Waals surface area contributed by atoms with Crippen LogP contribution in [0.2, 0.25) is 0 Å². The third-order valence-corrected chi connectivity index (χ3v) is 5.19. The fraction of sp³-hybridized carbons (Fsp3) is 0.600. The maximum absolute atomic E-state index is 11.1. The van der Waals surface area contributed by atoms with E-state index in [2.05, 4.69) is 47.3 Å². The summed E-state index contributed by atoms with van der Waals surface area (Å²) in [6, 6.07) is 8.62. The first-order chi connectivity index (χ1) is 14.5. The van der Waals surface area contributed by atoms with E-state index in [-0.39, 0.29) is 12.3 Å². The van der Waals surface area contributed by atoms with E-state index in [1.807, 2.05) is 0 Å². The van der Waals surface area contributed by atoms with Gasteiger partial charge in [0.1, 0.15) is 0 Å². The lowest BCUT2D eigenvalue weighted by Crippen LogP contribution is -2.22. The summed E-state index contributed by atoms with van der Waals surface area (Å²) in [6.07, 6.45) is 14.2. The Kier molecular flexibility index (Phi) is 13.3. The molecule has 2 rings (SSSR count). The van der Waals surface area contributed by atoms with Crippen LogP contribution in [0.1, 0.15) is 84.1 Å². The quantitative estimate of drug-likeness (QED) is 0.397. The number of benzene rings is 1. The maximum Gasteiger partial charge on any atom is 0.303 e. The minimum atomic E-state index is -0.745. The Balaban J connectivity index is 0.000000804. The van der Waals surface area contributed by atoms with E-state index < -0.39 is 5.97 Å². The summed E-state index contributed by atoms with van der Waals surface area (Å²) in [4.78, 5) is 20.4. The monoisotopic (exact) mass is 416 g/mol. The molecular formula is C25H40N2O3. The van der Waals surface area contributed by atoms with Crippen molar-refractivity contribution in [2.75, 3.05) is 6.54 Å². The van der Waals surface area contributed by atoms with Crippen LogP contribution in [0.15, 0.2) is 30.5 Å². The summed E-state index contributed by atoms with van der Waals surface area (Å²) in [5, 5.41) is 11.9. The van der Waals surface area contributed by atoms with Gasteiger partial charge in [0.25, 0.3) is 0 Å². The molecule has 0 fully saturated rings. The molecule has 0 atom stereocenters. The van der Waals surface area contributed by atoms with Crippen LogP contribution in [0.25, 0.3) is 10.9 Å². The lowest BCUT2D eigenvalue weighted by atomic mass is 10.1. The molecule has 0 unspecified atom stereocenters. The van der Waals surface area contributed by atoms with Gasteiger partial charge < -0.3 is 15.0 Å². The standard InChI is InChI=1S/C22H34N2O.C3H6O2/c1-3-4-5-6-7-8-9-12-17-24-18-20(15-16-23-19(2)25)21-13-10-11-14-22(21)24;1-2-3(4)5/h10-11,13-14,18H,3-9,12,15-17H2,1-2H3,(H,23,25);2H2,1H3,(H,4,5). The van der Waals surface area contributed by atoms with Gasteiger partial charge in [-0.25, -0.2) is 0 Å². The van der Waals surface area contributed by atoms with Crippen LogP contribution in [0.5, 0.6) is 0 Å². The number of carboxylic acids is 1. The van der Waals surface area contributed by atoms with Crippen LogP contribution in [0.3, 0.4) is 0 Å². The van der Waals surface area contributed by atoms with Gasteiger partial charge in [-0.15, -0.1) is 0 Å². The van der Waals surface area contributed by atoms with Gasteiger partial charge in [-0.1, -0.05) is 77.0 Å². The summed E-state index contributed by atoms with van der Waals surface area (Å²) in [5.74, 6) is -0.701. The molecule has 0 aliphatic heterocycles. The zero-order valence-electron chi connectivity index (χ0n) is 19.1. The van der Waals surface area contributed by atoms with E-state index in [0.717, 1.165) is 13.0 Å². The van der Waals surface area contributed by atoms with E-state index in [0.29, 0.717) is 6.54 Å². The minimum absolute atomic E-state index is 0.0441. The van der Waals surface area contributed by atoms with Gasteiger partial charge >= 0.3 is 5.97 Å². The van der Waals surface area contributed by atoms with Crippen molar-refractivity contribution in [3.05, 3.63) is 36.0 Å². The van der Waals surface area contributed by atoms with Gasteiger partial charge in [-0.05, 0) is 24.5 Å². The van der Waals surface area contributed by atoms with Crippen molar-refractivity contribution in [2.24, 2.45) is 0 Å². The van der Waals surface area contributed by atoms with Crippen molar-refractivity contribution in [3.63, 3.8) is 0 Å². The number of hydrogen-bond donors (Lipinski definition) is 2. The number of unbranched alkanes of at least 4 members (excludes halogenated alkanes) is 7. The highest BCUT2D eigenvalue weighted by Gasteiger charge is 2.08. The topological polar surface area (TPSA) is 71.3 Å². The van der Waals surface area contributed by atoms with Crippen LogP contribution in [0.4, 0.5) is 0 Å². The molecule has 1 amide bonds. The van der Waals surface area contributed by atoms with Gasteiger partial charge in [-0.2, -0.15) is 0 Å². The van der Waals surface area contributed by atoms with Gasteiger partial charge in [0, 0.05) is 43.5 Å². The number of fused-ring (bicyclic) bond motifs is 1. The molecule has 0 spiro atoms. The largest absolute Gasteiger partial charge is 0.481 e.